The summed E-state index contributed by atoms with van der Waals surface area (Å²) in [5, 5.41) is 14.9. The molecule has 6 nitrogen and oxygen atoms in total. The van der Waals surface area contributed by atoms with Crippen molar-refractivity contribution in [1.29, 1.82) is 0 Å². The zero-order chi connectivity index (χ0) is 17.1. The second kappa shape index (κ2) is 7.21. The molecule has 1 aromatic carbocycles. The van der Waals surface area contributed by atoms with Gasteiger partial charge in [0.2, 0.25) is 0 Å². The molecule has 2 atom stereocenters. The van der Waals surface area contributed by atoms with Crippen LogP contribution in [0.1, 0.15) is 37.7 Å². The number of rotatable bonds is 7. The Kier molecular flexibility index (Phi) is 5.04. The summed E-state index contributed by atoms with van der Waals surface area (Å²) in [5.74, 6) is -0.371. The number of nitrogens with zero attached hydrogens (tertiary/aromatic N) is 1. The molecule has 2 aliphatic carbocycles. The van der Waals surface area contributed by atoms with Crippen LogP contribution < -0.4 is 10.6 Å². The summed E-state index contributed by atoms with van der Waals surface area (Å²) >= 11 is 0. The lowest BCUT2D eigenvalue weighted by Crippen LogP contribution is -2.56. The first kappa shape index (κ1) is 16.8. The Hall–Kier alpha value is -2.08. The second-order valence-electron chi connectivity index (χ2n) is 6.76. The second-order valence-corrected chi connectivity index (χ2v) is 6.76. The van der Waals surface area contributed by atoms with Gasteiger partial charge in [-0.15, -0.1) is 0 Å². The van der Waals surface area contributed by atoms with E-state index in [1.165, 1.54) is 5.56 Å². The standard InChI is InChI=1S/C18H25N3O3/c1-2-21(11-17(22)23)14-8-13(9-14)19-18(24)20-16-10-15(16)12-6-4-3-5-7-12/h3-7,13-16H,2,8-11H2,1H3,(H,22,23)(H2,19,20,24)/t13?,14?,15-,16+/m0/s1. The number of carboxylic acids is 1. The maximum atomic E-state index is 12.1. The van der Waals surface area contributed by atoms with Gasteiger partial charge in [0.05, 0.1) is 6.54 Å². The molecule has 0 aromatic heterocycles. The molecule has 0 radical (unpaired) electrons. The first-order valence-electron chi connectivity index (χ1n) is 8.64. The molecule has 130 valence electrons. The maximum Gasteiger partial charge on any atom is 0.317 e. The average Bonchev–Trinajstić information content (AvgIpc) is 3.28. The predicted octanol–water partition coefficient (Wildman–Crippen LogP) is 1.78. The summed E-state index contributed by atoms with van der Waals surface area (Å²) in [7, 11) is 0. The van der Waals surface area contributed by atoms with E-state index in [2.05, 4.69) is 22.8 Å². The van der Waals surface area contributed by atoms with E-state index >= 15 is 0 Å². The van der Waals surface area contributed by atoms with E-state index in [1.54, 1.807) is 0 Å². The van der Waals surface area contributed by atoms with Gasteiger partial charge < -0.3 is 15.7 Å². The highest BCUT2D eigenvalue weighted by atomic mass is 16.4. The summed E-state index contributed by atoms with van der Waals surface area (Å²) in [6.07, 6.45) is 2.63. The lowest BCUT2D eigenvalue weighted by atomic mass is 9.85. The minimum absolute atomic E-state index is 0.0704. The van der Waals surface area contributed by atoms with Crippen molar-refractivity contribution in [3.63, 3.8) is 0 Å². The topological polar surface area (TPSA) is 81.7 Å². The van der Waals surface area contributed by atoms with Crippen LogP contribution in [0.2, 0.25) is 0 Å². The van der Waals surface area contributed by atoms with Crippen LogP contribution in [0.25, 0.3) is 0 Å². The molecule has 2 aliphatic rings. The van der Waals surface area contributed by atoms with Gasteiger partial charge in [0.1, 0.15) is 0 Å². The van der Waals surface area contributed by atoms with E-state index < -0.39 is 5.97 Å². The highest BCUT2D eigenvalue weighted by Gasteiger charge is 2.40. The summed E-state index contributed by atoms with van der Waals surface area (Å²) in [4.78, 5) is 24.8. The summed E-state index contributed by atoms with van der Waals surface area (Å²) in [5.41, 5.74) is 1.28. The molecule has 24 heavy (non-hydrogen) atoms. The van der Waals surface area contributed by atoms with Gasteiger partial charge in [-0.2, -0.15) is 0 Å². The third-order valence-corrected chi connectivity index (χ3v) is 5.04. The fourth-order valence-corrected chi connectivity index (χ4v) is 3.50. The zero-order valence-electron chi connectivity index (χ0n) is 13.9. The molecule has 2 fully saturated rings. The van der Waals surface area contributed by atoms with E-state index in [0.29, 0.717) is 5.92 Å². The first-order valence-corrected chi connectivity index (χ1v) is 8.64. The number of likely N-dealkylation sites (N-methyl/N-ethyl adjacent to an activating group) is 1. The SMILES string of the molecule is CCN(CC(=O)O)C1CC(NC(=O)N[C@@H]2C[C@H]2c2ccccc2)C1. The quantitative estimate of drug-likeness (QED) is 0.711. The number of hydrogen-bond acceptors (Lipinski definition) is 3. The van der Waals surface area contributed by atoms with Crippen LogP contribution in [-0.2, 0) is 4.79 Å². The average molecular weight is 331 g/mol. The number of benzene rings is 1. The van der Waals surface area contributed by atoms with Crippen molar-refractivity contribution in [2.45, 2.75) is 50.2 Å². The lowest BCUT2D eigenvalue weighted by molar-refractivity contribution is -0.139. The van der Waals surface area contributed by atoms with E-state index in [9.17, 15) is 9.59 Å². The predicted molar refractivity (Wildman–Crippen MR) is 90.9 cm³/mol. The van der Waals surface area contributed by atoms with Crippen molar-refractivity contribution in [2.75, 3.05) is 13.1 Å². The number of urea groups is 1. The van der Waals surface area contributed by atoms with Crippen molar-refractivity contribution < 1.29 is 14.7 Å². The number of nitrogens with one attached hydrogen (secondary N) is 2. The normalized spacial score (nSPS) is 28.1. The van der Waals surface area contributed by atoms with Gasteiger partial charge in [0.15, 0.2) is 0 Å². The van der Waals surface area contributed by atoms with Crippen LogP contribution in [0.4, 0.5) is 4.79 Å². The number of amides is 2. The van der Waals surface area contributed by atoms with Crippen LogP contribution in [0, 0.1) is 0 Å². The van der Waals surface area contributed by atoms with Gasteiger partial charge >= 0.3 is 12.0 Å². The van der Waals surface area contributed by atoms with Crippen LogP contribution >= 0.6 is 0 Å². The van der Waals surface area contributed by atoms with E-state index in [1.807, 2.05) is 30.0 Å². The molecule has 0 unspecified atom stereocenters. The Morgan fingerprint density at radius 2 is 1.88 bits per heavy atom. The number of aliphatic carboxylic acids is 1. The maximum absolute atomic E-state index is 12.1. The van der Waals surface area contributed by atoms with Crippen molar-refractivity contribution in [3.05, 3.63) is 35.9 Å². The van der Waals surface area contributed by atoms with E-state index in [4.69, 9.17) is 5.11 Å². The van der Waals surface area contributed by atoms with Crippen molar-refractivity contribution >= 4 is 12.0 Å². The molecule has 0 saturated heterocycles. The van der Waals surface area contributed by atoms with Gasteiger partial charge in [-0.05, 0) is 31.4 Å². The van der Waals surface area contributed by atoms with Gasteiger partial charge in [-0.3, -0.25) is 9.69 Å². The number of carboxylic acid groups (broad SMARTS) is 1. The Morgan fingerprint density at radius 3 is 2.50 bits per heavy atom. The molecule has 6 heteroatoms. The number of carbonyl (C=O) groups excluding carboxylic acids is 1. The molecule has 0 aliphatic heterocycles. The van der Waals surface area contributed by atoms with E-state index in [-0.39, 0.29) is 30.7 Å². The van der Waals surface area contributed by atoms with Gasteiger partial charge in [-0.1, -0.05) is 37.3 Å². The number of carbonyl (C=O) groups is 2. The Bertz CT molecular complexity index is 586. The van der Waals surface area contributed by atoms with Gasteiger partial charge in [0.25, 0.3) is 0 Å². The molecule has 0 heterocycles. The third-order valence-electron chi connectivity index (χ3n) is 5.04. The zero-order valence-corrected chi connectivity index (χ0v) is 13.9. The molecule has 1 aromatic rings. The Labute approximate surface area is 142 Å². The lowest BCUT2D eigenvalue weighted by Gasteiger charge is -2.42. The fourth-order valence-electron chi connectivity index (χ4n) is 3.50. The number of hydrogen-bond donors (Lipinski definition) is 3. The van der Waals surface area contributed by atoms with Crippen molar-refractivity contribution in [2.24, 2.45) is 0 Å². The third kappa shape index (κ3) is 4.06. The smallest absolute Gasteiger partial charge is 0.317 e. The highest BCUT2D eigenvalue weighted by molar-refractivity contribution is 5.75. The summed E-state index contributed by atoms with van der Waals surface area (Å²) < 4.78 is 0. The van der Waals surface area contributed by atoms with E-state index in [0.717, 1.165) is 25.8 Å². The van der Waals surface area contributed by atoms with Crippen LogP contribution in [0.5, 0.6) is 0 Å². The molecular weight excluding hydrogens is 306 g/mol. The van der Waals surface area contributed by atoms with Gasteiger partial charge in [-0.25, -0.2) is 4.79 Å². The summed E-state index contributed by atoms with van der Waals surface area (Å²) in [6, 6.07) is 10.8. The minimum atomic E-state index is -0.799. The monoisotopic (exact) mass is 331 g/mol. The summed E-state index contributed by atoms with van der Waals surface area (Å²) in [6.45, 7) is 2.75. The van der Waals surface area contributed by atoms with Crippen LogP contribution in [-0.4, -0.2) is 53.2 Å². The molecular formula is C18H25N3O3. The Morgan fingerprint density at radius 1 is 1.17 bits per heavy atom. The molecule has 2 amide bonds. The molecule has 3 rings (SSSR count). The minimum Gasteiger partial charge on any atom is -0.480 e. The largest absolute Gasteiger partial charge is 0.480 e. The molecule has 0 spiro atoms. The molecule has 2 saturated carbocycles. The van der Waals surface area contributed by atoms with Crippen molar-refractivity contribution in [1.82, 2.24) is 15.5 Å². The fraction of sp³-hybridized carbons (Fsp3) is 0.556. The first-order chi connectivity index (χ1) is 11.6. The van der Waals surface area contributed by atoms with Gasteiger partial charge in [0, 0.05) is 24.0 Å². The Balaban J connectivity index is 1.37. The highest BCUT2D eigenvalue weighted by Crippen LogP contribution is 2.40. The van der Waals surface area contributed by atoms with Crippen LogP contribution in [0.3, 0.4) is 0 Å². The molecule has 3 N–H and O–H groups in total. The molecule has 0 bridgehead atoms. The van der Waals surface area contributed by atoms with Crippen molar-refractivity contribution in [3.8, 4) is 0 Å². The van der Waals surface area contributed by atoms with Crippen LogP contribution in [0.15, 0.2) is 30.3 Å².